The maximum absolute atomic E-state index is 12.5. The molecule has 0 fully saturated rings. The molecule has 0 heterocycles. The lowest BCUT2D eigenvalue weighted by Gasteiger charge is -2.27. The lowest BCUT2D eigenvalue weighted by molar-refractivity contribution is -0.123. The van der Waals surface area contributed by atoms with Crippen LogP contribution in [0, 0.1) is 13.8 Å². The molecule has 0 unspecified atom stereocenters. The molecule has 5 heteroatoms. The molecule has 1 aliphatic rings. The Morgan fingerprint density at radius 1 is 1.04 bits per heavy atom. The second kappa shape index (κ2) is 9.02. The number of likely N-dealkylation sites (N-methyl/N-ethyl adjacent to an activating group) is 1. The van der Waals surface area contributed by atoms with E-state index in [9.17, 15) is 9.59 Å². The van der Waals surface area contributed by atoms with Gasteiger partial charge in [0.05, 0.1) is 19.1 Å². The van der Waals surface area contributed by atoms with Crippen molar-refractivity contribution in [1.29, 1.82) is 0 Å². The van der Waals surface area contributed by atoms with Gasteiger partial charge in [-0.25, -0.2) is 0 Å². The van der Waals surface area contributed by atoms with E-state index in [0.717, 1.165) is 36.1 Å². The topological polar surface area (TPSA) is 61.4 Å². The molecule has 1 aliphatic carbocycles. The predicted octanol–water partition coefficient (Wildman–Crippen LogP) is 3.37. The zero-order valence-corrected chi connectivity index (χ0v) is 16.9. The molecular weight excluding hydrogens is 350 g/mol. The van der Waals surface area contributed by atoms with E-state index in [0.29, 0.717) is 0 Å². The SMILES string of the molecule is Cc1cccc(NC(=O)CN(C)CC(=O)N[C@@H]2CCCc3ccccc32)c1C. The number of carbonyl (C=O) groups excluding carboxylic acids is 2. The van der Waals surface area contributed by atoms with Gasteiger partial charge in [0.2, 0.25) is 11.8 Å². The van der Waals surface area contributed by atoms with Crippen LogP contribution in [0.4, 0.5) is 5.69 Å². The monoisotopic (exact) mass is 379 g/mol. The Morgan fingerprint density at radius 2 is 1.79 bits per heavy atom. The Balaban J connectivity index is 1.51. The Morgan fingerprint density at radius 3 is 2.61 bits per heavy atom. The van der Waals surface area contributed by atoms with Crippen LogP contribution in [-0.4, -0.2) is 36.9 Å². The van der Waals surface area contributed by atoms with Gasteiger partial charge in [-0.15, -0.1) is 0 Å². The van der Waals surface area contributed by atoms with E-state index in [1.807, 2.05) is 44.2 Å². The minimum absolute atomic E-state index is 0.0521. The van der Waals surface area contributed by atoms with Crippen molar-refractivity contribution in [3.8, 4) is 0 Å². The lowest BCUT2D eigenvalue weighted by atomic mass is 9.88. The molecule has 0 saturated heterocycles. The molecule has 2 aromatic rings. The first kappa shape index (κ1) is 20.1. The van der Waals surface area contributed by atoms with Crippen LogP contribution >= 0.6 is 0 Å². The van der Waals surface area contributed by atoms with Crippen molar-refractivity contribution in [3.63, 3.8) is 0 Å². The van der Waals surface area contributed by atoms with Gasteiger partial charge < -0.3 is 10.6 Å². The Kier molecular flexibility index (Phi) is 6.47. The van der Waals surface area contributed by atoms with Crippen LogP contribution in [0.15, 0.2) is 42.5 Å². The van der Waals surface area contributed by atoms with E-state index in [1.54, 1.807) is 11.9 Å². The number of nitrogens with one attached hydrogen (secondary N) is 2. The first-order chi connectivity index (χ1) is 13.4. The summed E-state index contributed by atoms with van der Waals surface area (Å²) in [5.41, 5.74) is 5.56. The second-order valence-corrected chi connectivity index (χ2v) is 7.68. The second-order valence-electron chi connectivity index (χ2n) is 7.68. The number of hydrogen-bond donors (Lipinski definition) is 2. The summed E-state index contributed by atoms with van der Waals surface area (Å²) >= 11 is 0. The summed E-state index contributed by atoms with van der Waals surface area (Å²) in [5, 5.41) is 6.07. The average molecular weight is 380 g/mol. The largest absolute Gasteiger partial charge is 0.348 e. The van der Waals surface area contributed by atoms with Crippen molar-refractivity contribution in [3.05, 3.63) is 64.7 Å². The summed E-state index contributed by atoms with van der Waals surface area (Å²) in [6.07, 6.45) is 3.11. The molecule has 3 rings (SSSR count). The van der Waals surface area contributed by atoms with Gasteiger partial charge in [0.25, 0.3) is 0 Å². The van der Waals surface area contributed by atoms with Crippen molar-refractivity contribution >= 4 is 17.5 Å². The normalized spacial score (nSPS) is 15.8. The number of carbonyl (C=O) groups is 2. The van der Waals surface area contributed by atoms with Crippen LogP contribution in [0.5, 0.6) is 0 Å². The van der Waals surface area contributed by atoms with Crippen molar-refractivity contribution in [1.82, 2.24) is 10.2 Å². The Hall–Kier alpha value is -2.66. The maximum Gasteiger partial charge on any atom is 0.238 e. The fourth-order valence-electron chi connectivity index (χ4n) is 3.77. The first-order valence-corrected chi connectivity index (χ1v) is 9.86. The standard InChI is InChI=1S/C23H29N3O2/c1-16-8-6-12-20(17(16)2)24-22(27)14-26(3)15-23(28)25-21-13-7-10-18-9-4-5-11-19(18)21/h4-6,8-9,11-12,21H,7,10,13-15H2,1-3H3,(H,24,27)(H,25,28)/t21-/m1/s1. The van der Waals surface area contributed by atoms with Crippen LogP contribution in [-0.2, 0) is 16.0 Å². The van der Waals surface area contributed by atoms with Gasteiger partial charge >= 0.3 is 0 Å². The molecule has 148 valence electrons. The first-order valence-electron chi connectivity index (χ1n) is 9.86. The van der Waals surface area contributed by atoms with Gasteiger partial charge in [0.1, 0.15) is 0 Å². The van der Waals surface area contributed by atoms with E-state index < -0.39 is 0 Å². The highest BCUT2D eigenvalue weighted by atomic mass is 16.2. The van der Waals surface area contributed by atoms with Gasteiger partial charge in [-0.1, -0.05) is 36.4 Å². The highest BCUT2D eigenvalue weighted by Gasteiger charge is 2.22. The third-order valence-corrected chi connectivity index (χ3v) is 5.41. The molecule has 0 spiro atoms. The molecule has 0 saturated carbocycles. The van der Waals surface area contributed by atoms with Crippen LogP contribution in [0.3, 0.4) is 0 Å². The predicted molar refractivity (Wildman–Crippen MR) is 112 cm³/mol. The quantitative estimate of drug-likeness (QED) is 0.809. The summed E-state index contributed by atoms with van der Waals surface area (Å²) in [6.45, 7) is 4.37. The Labute approximate surface area is 167 Å². The zero-order valence-electron chi connectivity index (χ0n) is 16.9. The molecule has 0 aromatic heterocycles. The van der Waals surface area contributed by atoms with E-state index in [2.05, 4.69) is 22.8 Å². The third-order valence-electron chi connectivity index (χ3n) is 5.41. The number of benzene rings is 2. The van der Waals surface area contributed by atoms with E-state index in [1.165, 1.54) is 11.1 Å². The highest BCUT2D eigenvalue weighted by Crippen LogP contribution is 2.29. The van der Waals surface area contributed by atoms with Gasteiger partial charge in [-0.05, 0) is 68.5 Å². The van der Waals surface area contributed by atoms with Crippen LogP contribution in [0.1, 0.15) is 41.1 Å². The fourth-order valence-corrected chi connectivity index (χ4v) is 3.77. The number of nitrogens with zero attached hydrogens (tertiary/aromatic N) is 1. The number of amides is 2. The zero-order chi connectivity index (χ0) is 20.1. The van der Waals surface area contributed by atoms with E-state index in [-0.39, 0.29) is 30.9 Å². The summed E-state index contributed by atoms with van der Waals surface area (Å²) in [5.74, 6) is -0.171. The van der Waals surface area contributed by atoms with E-state index >= 15 is 0 Å². The molecule has 28 heavy (non-hydrogen) atoms. The number of fused-ring (bicyclic) bond motifs is 1. The van der Waals surface area contributed by atoms with Crippen molar-refractivity contribution < 1.29 is 9.59 Å². The molecule has 0 bridgehead atoms. The molecule has 0 radical (unpaired) electrons. The smallest absolute Gasteiger partial charge is 0.238 e. The van der Waals surface area contributed by atoms with Crippen LogP contribution < -0.4 is 10.6 Å². The summed E-state index contributed by atoms with van der Waals surface area (Å²) < 4.78 is 0. The number of aryl methyl sites for hydroxylation is 2. The highest BCUT2D eigenvalue weighted by molar-refractivity contribution is 5.93. The maximum atomic E-state index is 12.5. The van der Waals surface area contributed by atoms with Crippen LogP contribution in [0.2, 0.25) is 0 Å². The lowest BCUT2D eigenvalue weighted by Crippen LogP contribution is -2.40. The van der Waals surface area contributed by atoms with Crippen molar-refractivity contribution in [2.75, 3.05) is 25.5 Å². The molecular formula is C23H29N3O2. The summed E-state index contributed by atoms with van der Waals surface area (Å²) in [4.78, 5) is 26.6. The molecule has 5 nitrogen and oxygen atoms in total. The Bertz CT molecular complexity index is 863. The minimum Gasteiger partial charge on any atom is -0.348 e. The molecule has 2 amide bonds. The molecule has 2 aromatic carbocycles. The third kappa shape index (κ3) is 4.98. The van der Waals surface area contributed by atoms with Crippen LogP contribution in [0.25, 0.3) is 0 Å². The van der Waals surface area contributed by atoms with Gasteiger partial charge in [0, 0.05) is 5.69 Å². The summed E-state index contributed by atoms with van der Waals surface area (Å²) in [7, 11) is 1.79. The van der Waals surface area contributed by atoms with E-state index in [4.69, 9.17) is 0 Å². The molecule has 2 N–H and O–H groups in total. The van der Waals surface area contributed by atoms with Gasteiger partial charge in [0.15, 0.2) is 0 Å². The van der Waals surface area contributed by atoms with Gasteiger partial charge in [-0.2, -0.15) is 0 Å². The average Bonchev–Trinajstić information content (AvgIpc) is 2.65. The fraction of sp³-hybridized carbons (Fsp3) is 0.391. The van der Waals surface area contributed by atoms with Crippen molar-refractivity contribution in [2.45, 2.75) is 39.2 Å². The molecule has 1 atom stereocenters. The van der Waals surface area contributed by atoms with Gasteiger partial charge in [-0.3, -0.25) is 14.5 Å². The number of anilines is 1. The van der Waals surface area contributed by atoms with Crippen molar-refractivity contribution in [2.24, 2.45) is 0 Å². The number of hydrogen-bond acceptors (Lipinski definition) is 3. The number of rotatable bonds is 6. The summed E-state index contributed by atoms with van der Waals surface area (Å²) in [6, 6.07) is 14.2. The minimum atomic E-state index is -0.119. The molecule has 0 aliphatic heterocycles.